The third-order valence-electron chi connectivity index (χ3n) is 4.92. The summed E-state index contributed by atoms with van der Waals surface area (Å²) in [5.41, 5.74) is 0. The molecule has 4 atom stereocenters. The van der Waals surface area contributed by atoms with Crippen LogP contribution in [0.5, 0.6) is 0 Å². The van der Waals surface area contributed by atoms with Gasteiger partial charge < -0.3 is 9.64 Å². The van der Waals surface area contributed by atoms with Crippen molar-refractivity contribution in [3.8, 4) is 0 Å². The first kappa shape index (κ1) is 14.3. The summed E-state index contributed by atoms with van der Waals surface area (Å²) in [7, 11) is 0. The van der Waals surface area contributed by atoms with E-state index in [0.29, 0.717) is 29.9 Å². The summed E-state index contributed by atoms with van der Waals surface area (Å²) in [6, 6.07) is 0.324. The quantitative estimate of drug-likeness (QED) is 0.839. The third-order valence-corrected chi connectivity index (χ3v) is 4.92. The van der Waals surface area contributed by atoms with E-state index in [4.69, 9.17) is 4.74 Å². The molecule has 2 heterocycles. The summed E-state index contributed by atoms with van der Waals surface area (Å²) in [5.74, 6) is 1.57. The van der Waals surface area contributed by atoms with E-state index in [2.05, 4.69) is 31.0 Å². The van der Waals surface area contributed by atoms with Crippen molar-refractivity contribution in [3.05, 3.63) is 0 Å². The van der Waals surface area contributed by atoms with Gasteiger partial charge >= 0.3 is 0 Å². The predicted octanol–water partition coefficient (Wildman–Crippen LogP) is 2.14. The van der Waals surface area contributed by atoms with E-state index in [1.807, 2.05) is 0 Å². The second-order valence-electron chi connectivity index (χ2n) is 7.05. The van der Waals surface area contributed by atoms with Crippen LogP contribution in [0.1, 0.15) is 52.9 Å². The molecule has 1 N–H and O–H groups in total. The summed E-state index contributed by atoms with van der Waals surface area (Å²) in [5, 5.41) is 3.55. The van der Waals surface area contributed by atoms with E-state index in [-0.39, 0.29) is 12.2 Å². The van der Waals surface area contributed by atoms with E-state index in [9.17, 15) is 4.79 Å². The molecule has 0 spiro atoms. The molecule has 0 aromatic carbocycles. The normalized spacial score (nSPS) is 38.2. The second kappa shape index (κ2) is 5.64. The summed E-state index contributed by atoms with van der Waals surface area (Å²) in [6.07, 6.45) is 6.00. The number of rotatable bonds is 5. The zero-order chi connectivity index (χ0) is 14.3. The fraction of sp³-hybridized carbons (Fsp3) is 0.938. The molecule has 4 unspecified atom stereocenters. The van der Waals surface area contributed by atoms with Crippen molar-refractivity contribution in [2.75, 3.05) is 6.61 Å². The Hall–Kier alpha value is -0.610. The number of nitrogens with zero attached hydrogens (tertiary/aromatic N) is 1. The van der Waals surface area contributed by atoms with Crippen LogP contribution < -0.4 is 5.32 Å². The molecular formula is C16H28N2O2. The fourth-order valence-electron chi connectivity index (χ4n) is 3.84. The molecule has 0 aromatic heterocycles. The van der Waals surface area contributed by atoms with Crippen LogP contribution in [0, 0.1) is 11.8 Å². The Morgan fingerprint density at radius 3 is 2.70 bits per heavy atom. The molecule has 0 aromatic rings. The zero-order valence-electron chi connectivity index (χ0n) is 13.0. The molecule has 4 nitrogen and oxygen atoms in total. The Bertz CT molecular complexity index is 367. The Morgan fingerprint density at radius 2 is 2.10 bits per heavy atom. The first-order chi connectivity index (χ1) is 9.61. The smallest absolute Gasteiger partial charge is 0.241 e. The molecule has 20 heavy (non-hydrogen) atoms. The molecule has 2 saturated heterocycles. The Labute approximate surface area is 122 Å². The Balaban J connectivity index is 1.74. The monoisotopic (exact) mass is 280 g/mol. The highest BCUT2D eigenvalue weighted by molar-refractivity contribution is 5.84. The van der Waals surface area contributed by atoms with Crippen LogP contribution in [-0.2, 0) is 9.53 Å². The maximum absolute atomic E-state index is 12.8. The van der Waals surface area contributed by atoms with Crippen molar-refractivity contribution in [2.45, 2.75) is 77.2 Å². The molecule has 3 rings (SSSR count). The van der Waals surface area contributed by atoms with Gasteiger partial charge in [-0.2, -0.15) is 0 Å². The Kier molecular flexibility index (Phi) is 4.04. The lowest BCUT2D eigenvalue weighted by Gasteiger charge is -2.32. The van der Waals surface area contributed by atoms with Gasteiger partial charge in [0.2, 0.25) is 5.91 Å². The highest BCUT2D eigenvalue weighted by Crippen LogP contribution is 2.41. The van der Waals surface area contributed by atoms with Crippen LogP contribution in [0.25, 0.3) is 0 Å². The molecule has 1 amide bonds. The van der Waals surface area contributed by atoms with Crippen molar-refractivity contribution in [1.29, 1.82) is 0 Å². The van der Waals surface area contributed by atoms with Gasteiger partial charge in [-0.05, 0) is 43.9 Å². The maximum atomic E-state index is 12.8. The largest absolute Gasteiger partial charge is 0.376 e. The van der Waals surface area contributed by atoms with Crippen molar-refractivity contribution in [1.82, 2.24) is 10.2 Å². The lowest BCUT2D eigenvalue weighted by molar-refractivity contribution is -0.134. The lowest BCUT2D eigenvalue weighted by atomic mass is 10.0. The molecule has 0 bridgehead atoms. The van der Waals surface area contributed by atoms with Crippen molar-refractivity contribution in [3.63, 3.8) is 0 Å². The molecule has 1 aliphatic carbocycles. The number of hydrogen-bond donors (Lipinski definition) is 1. The number of ether oxygens (including phenoxy) is 1. The van der Waals surface area contributed by atoms with Crippen LogP contribution in [0.3, 0.4) is 0 Å². The molecule has 2 aliphatic heterocycles. The average Bonchev–Trinajstić information content (AvgIpc) is 3.06. The van der Waals surface area contributed by atoms with Gasteiger partial charge in [-0.15, -0.1) is 0 Å². The van der Waals surface area contributed by atoms with E-state index < -0.39 is 0 Å². The van der Waals surface area contributed by atoms with Crippen molar-refractivity contribution < 1.29 is 9.53 Å². The fourth-order valence-corrected chi connectivity index (χ4v) is 3.84. The van der Waals surface area contributed by atoms with E-state index in [1.165, 1.54) is 12.8 Å². The summed E-state index contributed by atoms with van der Waals surface area (Å²) in [4.78, 5) is 14.9. The van der Waals surface area contributed by atoms with Crippen molar-refractivity contribution in [2.24, 2.45) is 11.8 Å². The number of hydrogen-bond acceptors (Lipinski definition) is 3. The molecule has 0 radical (unpaired) electrons. The Morgan fingerprint density at radius 1 is 1.35 bits per heavy atom. The predicted molar refractivity (Wildman–Crippen MR) is 78.2 cm³/mol. The molecular weight excluding hydrogens is 252 g/mol. The minimum Gasteiger partial charge on any atom is -0.376 e. The zero-order valence-corrected chi connectivity index (χ0v) is 13.0. The van der Waals surface area contributed by atoms with Crippen LogP contribution in [-0.4, -0.2) is 41.8 Å². The van der Waals surface area contributed by atoms with Gasteiger partial charge in [-0.3, -0.25) is 10.1 Å². The molecule has 114 valence electrons. The van der Waals surface area contributed by atoms with Crippen LogP contribution in [0.15, 0.2) is 0 Å². The number of amides is 1. The maximum Gasteiger partial charge on any atom is 0.241 e. The SMILES string of the molecule is CCC1NC(CC(C)C)C(=O)N1C1CCOC1C1CC1. The van der Waals surface area contributed by atoms with Crippen LogP contribution >= 0.6 is 0 Å². The summed E-state index contributed by atoms with van der Waals surface area (Å²) < 4.78 is 5.94. The van der Waals surface area contributed by atoms with Gasteiger partial charge in [-0.1, -0.05) is 20.8 Å². The molecule has 1 saturated carbocycles. The van der Waals surface area contributed by atoms with E-state index in [1.54, 1.807) is 0 Å². The summed E-state index contributed by atoms with van der Waals surface area (Å²) in [6.45, 7) is 7.35. The number of carbonyl (C=O) groups is 1. The molecule has 3 fully saturated rings. The third kappa shape index (κ3) is 2.60. The van der Waals surface area contributed by atoms with Gasteiger partial charge in [0, 0.05) is 6.61 Å². The summed E-state index contributed by atoms with van der Waals surface area (Å²) >= 11 is 0. The molecule has 3 aliphatic rings. The highest BCUT2D eigenvalue weighted by atomic mass is 16.5. The average molecular weight is 280 g/mol. The first-order valence-electron chi connectivity index (χ1n) is 8.31. The standard InChI is InChI=1S/C16H28N2O2/c1-4-14-17-12(9-10(2)3)16(19)18(14)13-7-8-20-15(13)11-5-6-11/h10-15,17H,4-9H2,1-3H3. The van der Waals surface area contributed by atoms with Gasteiger partial charge in [0.1, 0.15) is 0 Å². The van der Waals surface area contributed by atoms with Crippen LogP contribution in [0.4, 0.5) is 0 Å². The minimum absolute atomic E-state index is 0.0143. The second-order valence-corrected chi connectivity index (χ2v) is 7.05. The van der Waals surface area contributed by atoms with E-state index >= 15 is 0 Å². The van der Waals surface area contributed by atoms with Gasteiger partial charge in [-0.25, -0.2) is 0 Å². The minimum atomic E-state index is 0.0143. The van der Waals surface area contributed by atoms with E-state index in [0.717, 1.165) is 25.9 Å². The first-order valence-corrected chi connectivity index (χ1v) is 8.31. The number of nitrogens with one attached hydrogen (secondary N) is 1. The molecule has 4 heteroatoms. The topological polar surface area (TPSA) is 41.6 Å². The number of carbonyl (C=O) groups excluding carboxylic acids is 1. The van der Waals surface area contributed by atoms with Gasteiger partial charge in [0.25, 0.3) is 0 Å². The van der Waals surface area contributed by atoms with Gasteiger partial charge in [0.15, 0.2) is 0 Å². The lowest BCUT2D eigenvalue weighted by Crippen LogP contribution is -2.48. The van der Waals surface area contributed by atoms with Gasteiger partial charge in [0.05, 0.1) is 24.4 Å². The highest BCUT2D eigenvalue weighted by Gasteiger charge is 2.49. The van der Waals surface area contributed by atoms with Crippen LogP contribution in [0.2, 0.25) is 0 Å². The van der Waals surface area contributed by atoms with Crippen molar-refractivity contribution >= 4 is 5.91 Å².